The Morgan fingerprint density at radius 2 is 1.85 bits per heavy atom. The van der Waals surface area contributed by atoms with E-state index in [1.165, 1.54) is 0 Å². The first-order valence-electron chi connectivity index (χ1n) is 8.30. The van der Waals surface area contributed by atoms with Crippen LogP contribution in [0.4, 0.5) is 11.4 Å². The molecule has 1 aromatic heterocycles. The van der Waals surface area contributed by atoms with E-state index in [1.54, 1.807) is 42.5 Å². The number of carbonyl (C=O) groups excluding carboxylic acids is 1. The van der Waals surface area contributed by atoms with Gasteiger partial charge in [-0.2, -0.15) is 5.26 Å². The summed E-state index contributed by atoms with van der Waals surface area (Å²) >= 11 is 0. The molecule has 6 nitrogen and oxygen atoms in total. The third-order valence-corrected chi connectivity index (χ3v) is 3.78. The van der Waals surface area contributed by atoms with Gasteiger partial charge in [-0.25, -0.2) is 4.98 Å². The molecule has 1 heterocycles. The molecule has 2 aromatic carbocycles. The predicted molar refractivity (Wildman–Crippen MR) is 101 cm³/mol. The number of anilines is 2. The summed E-state index contributed by atoms with van der Waals surface area (Å²) < 4.78 is 5.76. The van der Waals surface area contributed by atoms with Gasteiger partial charge in [-0.05, 0) is 42.5 Å². The highest BCUT2D eigenvalue weighted by Crippen LogP contribution is 2.27. The molecule has 0 aliphatic rings. The van der Waals surface area contributed by atoms with Crippen molar-refractivity contribution in [3.05, 3.63) is 53.9 Å². The van der Waals surface area contributed by atoms with Gasteiger partial charge in [0.2, 0.25) is 11.8 Å². The maximum Gasteiger partial charge on any atom is 0.243 e. The summed E-state index contributed by atoms with van der Waals surface area (Å²) in [5, 5.41) is 14.6. The molecule has 26 heavy (non-hydrogen) atoms. The Morgan fingerprint density at radius 3 is 2.50 bits per heavy atom. The third kappa shape index (κ3) is 4.01. The number of carbonyl (C=O) groups is 1. The first kappa shape index (κ1) is 17.5. The van der Waals surface area contributed by atoms with Crippen LogP contribution in [0.3, 0.4) is 0 Å². The second kappa shape index (κ2) is 6.89. The molecule has 0 radical (unpaired) electrons. The number of oxazole rings is 1. The zero-order valence-electron chi connectivity index (χ0n) is 15.0. The monoisotopic (exact) mass is 348 g/mol. The van der Waals surface area contributed by atoms with E-state index in [2.05, 4.69) is 21.7 Å². The Labute approximate surface area is 151 Å². The molecular formula is C20H20N4O2. The average Bonchev–Trinajstić information content (AvgIpc) is 3.04. The molecule has 0 saturated carbocycles. The Hall–Kier alpha value is -3.33. The maximum atomic E-state index is 12.1. The molecule has 2 N–H and O–H groups in total. The molecule has 0 bridgehead atoms. The van der Waals surface area contributed by atoms with Crippen molar-refractivity contribution in [1.29, 1.82) is 5.26 Å². The molecule has 1 amide bonds. The number of amides is 1. The van der Waals surface area contributed by atoms with Crippen LogP contribution >= 0.6 is 0 Å². The van der Waals surface area contributed by atoms with Gasteiger partial charge in [-0.15, -0.1) is 0 Å². The molecular weight excluding hydrogens is 328 g/mol. The van der Waals surface area contributed by atoms with Gasteiger partial charge in [-0.3, -0.25) is 4.79 Å². The van der Waals surface area contributed by atoms with Gasteiger partial charge in [0.25, 0.3) is 0 Å². The molecule has 0 aliphatic heterocycles. The smallest absolute Gasteiger partial charge is 0.243 e. The average molecular weight is 348 g/mol. The number of nitrogens with zero attached hydrogens (tertiary/aromatic N) is 2. The van der Waals surface area contributed by atoms with Crippen molar-refractivity contribution in [1.82, 2.24) is 4.98 Å². The Morgan fingerprint density at radius 1 is 1.15 bits per heavy atom. The Bertz CT molecular complexity index is 976. The lowest BCUT2D eigenvalue weighted by Gasteiger charge is -2.11. The molecule has 0 aliphatic carbocycles. The Kier molecular flexibility index (Phi) is 4.63. The van der Waals surface area contributed by atoms with E-state index in [0.29, 0.717) is 28.2 Å². The first-order valence-corrected chi connectivity index (χ1v) is 8.30. The number of aromatic nitrogens is 1. The second-order valence-electron chi connectivity index (χ2n) is 7.04. The van der Waals surface area contributed by atoms with Crippen LogP contribution in [0.2, 0.25) is 0 Å². The quantitative estimate of drug-likeness (QED) is 0.742. The van der Waals surface area contributed by atoms with Crippen LogP contribution in [0, 0.1) is 11.3 Å². The highest BCUT2D eigenvalue weighted by molar-refractivity contribution is 5.95. The van der Waals surface area contributed by atoms with Crippen molar-refractivity contribution in [2.24, 2.45) is 0 Å². The lowest BCUT2D eigenvalue weighted by molar-refractivity contribution is -0.114. The van der Waals surface area contributed by atoms with Gasteiger partial charge in [0.1, 0.15) is 5.52 Å². The van der Waals surface area contributed by atoms with Gasteiger partial charge in [-0.1, -0.05) is 20.8 Å². The molecule has 3 aromatic rings. The van der Waals surface area contributed by atoms with Gasteiger partial charge in [0.05, 0.1) is 18.2 Å². The zero-order valence-corrected chi connectivity index (χ0v) is 15.0. The molecule has 6 heteroatoms. The second-order valence-corrected chi connectivity index (χ2v) is 7.04. The summed E-state index contributed by atoms with van der Waals surface area (Å²) in [4.78, 5) is 16.6. The molecule has 132 valence electrons. The normalized spacial score (nSPS) is 11.2. The third-order valence-electron chi connectivity index (χ3n) is 3.78. The van der Waals surface area contributed by atoms with E-state index in [9.17, 15) is 4.79 Å². The number of rotatable bonds is 4. The molecule has 0 saturated heterocycles. The Balaban J connectivity index is 1.64. The summed E-state index contributed by atoms with van der Waals surface area (Å²) in [6.45, 7) is 6.23. The van der Waals surface area contributed by atoms with E-state index >= 15 is 0 Å². The van der Waals surface area contributed by atoms with Crippen molar-refractivity contribution < 1.29 is 9.21 Å². The van der Waals surface area contributed by atoms with Crippen LogP contribution in [-0.2, 0) is 10.2 Å². The van der Waals surface area contributed by atoms with E-state index < -0.39 is 0 Å². The molecule has 3 rings (SSSR count). The lowest BCUT2D eigenvalue weighted by Crippen LogP contribution is -2.21. The molecule has 0 fully saturated rings. The minimum absolute atomic E-state index is 0.121. The molecule has 0 unspecified atom stereocenters. The SMILES string of the molecule is CC(C)(C)c1nc2cc(NC(=O)CNc3ccc(C#N)cc3)ccc2o1. The van der Waals surface area contributed by atoms with Crippen molar-refractivity contribution in [2.75, 3.05) is 17.2 Å². The number of fused-ring (bicyclic) bond motifs is 1. The minimum atomic E-state index is -0.173. The van der Waals surface area contributed by atoms with Crippen LogP contribution in [0.25, 0.3) is 11.1 Å². The van der Waals surface area contributed by atoms with E-state index in [1.807, 2.05) is 20.8 Å². The first-order chi connectivity index (χ1) is 12.3. The van der Waals surface area contributed by atoms with E-state index in [4.69, 9.17) is 9.68 Å². The van der Waals surface area contributed by atoms with Crippen LogP contribution in [0.15, 0.2) is 46.9 Å². The minimum Gasteiger partial charge on any atom is -0.440 e. The van der Waals surface area contributed by atoms with Crippen molar-refractivity contribution in [3.8, 4) is 6.07 Å². The van der Waals surface area contributed by atoms with Crippen molar-refractivity contribution >= 4 is 28.4 Å². The predicted octanol–water partition coefficient (Wildman–Crippen LogP) is 4.05. The lowest BCUT2D eigenvalue weighted by atomic mass is 9.97. The summed E-state index contributed by atoms with van der Waals surface area (Å²) in [7, 11) is 0. The fourth-order valence-electron chi connectivity index (χ4n) is 2.38. The van der Waals surface area contributed by atoms with Crippen LogP contribution in [0.5, 0.6) is 0 Å². The molecule has 0 atom stereocenters. The standard InChI is InChI=1S/C20H20N4O2/c1-20(2,3)19-24-16-10-15(8-9-17(16)26-19)23-18(25)12-22-14-6-4-13(11-21)5-7-14/h4-10,22H,12H2,1-3H3,(H,23,25). The van der Waals surface area contributed by atoms with Crippen LogP contribution in [0.1, 0.15) is 32.2 Å². The van der Waals surface area contributed by atoms with Crippen molar-refractivity contribution in [3.63, 3.8) is 0 Å². The van der Waals surface area contributed by atoms with Crippen LogP contribution in [-0.4, -0.2) is 17.4 Å². The topological polar surface area (TPSA) is 91.0 Å². The van der Waals surface area contributed by atoms with Gasteiger partial charge < -0.3 is 15.1 Å². The maximum absolute atomic E-state index is 12.1. The number of nitrogens with one attached hydrogen (secondary N) is 2. The summed E-state index contributed by atoms with van der Waals surface area (Å²) in [6.07, 6.45) is 0. The van der Waals surface area contributed by atoms with Crippen molar-refractivity contribution in [2.45, 2.75) is 26.2 Å². The largest absolute Gasteiger partial charge is 0.440 e. The zero-order chi connectivity index (χ0) is 18.7. The number of nitriles is 1. The fourth-order valence-corrected chi connectivity index (χ4v) is 2.38. The van der Waals surface area contributed by atoms with E-state index in [0.717, 1.165) is 5.69 Å². The number of hydrogen-bond donors (Lipinski definition) is 2. The van der Waals surface area contributed by atoms with E-state index in [-0.39, 0.29) is 17.9 Å². The highest BCUT2D eigenvalue weighted by atomic mass is 16.3. The van der Waals surface area contributed by atoms with Gasteiger partial charge in [0, 0.05) is 16.8 Å². The summed E-state index contributed by atoms with van der Waals surface area (Å²) in [6, 6.07) is 14.4. The van der Waals surface area contributed by atoms with Gasteiger partial charge >= 0.3 is 0 Å². The fraction of sp³-hybridized carbons (Fsp3) is 0.250. The molecule has 0 spiro atoms. The van der Waals surface area contributed by atoms with Crippen LogP contribution < -0.4 is 10.6 Å². The number of hydrogen-bond acceptors (Lipinski definition) is 5. The summed E-state index contributed by atoms with van der Waals surface area (Å²) in [5.41, 5.74) is 3.26. The highest BCUT2D eigenvalue weighted by Gasteiger charge is 2.21. The van der Waals surface area contributed by atoms with Gasteiger partial charge in [0.15, 0.2) is 5.58 Å². The summed E-state index contributed by atoms with van der Waals surface area (Å²) in [5.74, 6) is 0.492. The number of benzene rings is 2.